The van der Waals surface area contributed by atoms with Crippen molar-refractivity contribution in [1.29, 1.82) is 0 Å². The molecule has 1 aliphatic carbocycles. The average molecular weight is 277 g/mol. The number of hydrogen-bond donors (Lipinski definition) is 0. The normalized spacial score (nSPS) is 21.0. The summed E-state index contributed by atoms with van der Waals surface area (Å²) in [5, 5.41) is 1.17. The molecule has 0 bridgehead atoms. The third-order valence-corrected chi connectivity index (χ3v) is 4.63. The van der Waals surface area contributed by atoms with Crippen LogP contribution in [0.1, 0.15) is 26.7 Å². The van der Waals surface area contributed by atoms with Gasteiger partial charge in [0, 0.05) is 24.5 Å². The number of rotatable bonds is 7. The SMILES string of the molecule is CCN(CC1(CBr)CC1)C(C)CN(C)C. The summed E-state index contributed by atoms with van der Waals surface area (Å²) in [4.78, 5) is 4.90. The molecule has 0 aromatic carbocycles. The number of nitrogens with zero attached hydrogens (tertiary/aromatic N) is 2. The van der Waals surface area contributed by atoms with Gasteiger partial charge in [0.2, 0.25) is 0 Å². The Kier molecular flexibility index (Phi) is 5.07. The number of likely N-dealkylation sites (N-methyl/N-ethyl adjacent to an activating group) is 2. The third kappa shape index (κ3) is 4.04. The molecule has 0 amide bonds. The Labute approximate surface area is 103 Å². The first-order valence-electron chi connectivity index (χ1n) is 5.98. The molecule has 1 atom stereocenters. The summed E-state index contributed by atoms with van der Waals surface area (Å²) in [6, 6.07) is 0.668. The quantitative estimate of drug-likeness (QED) is 0.659. The van der Waals surface area contributed by atoms with Crippen LogP contribution in [0.4, 0.5) is 0 Å². The van der Waals surface area contributed by atoms with Gasteiger partial charge in [-0.15, -0.1) is 0 Å². The predicted octanol–water partition coefficient (Wildman–Crippen LogP) is 2.43. The Balaban J connectivity index is 2.41. The van der Waals surface area contributed by atoms with Gasteiger partial charge in [0.1, 0.15) is 0 Å². The second-order valence-electron chi connectivity index (χ2n) is 5.31. The number of alkyl halides is 1. The maximum atomic E-state index is 3.65. The Hall–Kier alpha value is 0.400. The van der Waals surface area contributed by atoms with Gasteiger partial charge in [-0.1, -0.05) is 22.9 Å². The van der Waals surface area contributed by atoms with E-state index in [1.54, 1.807) is 0 Å². The van der Waals surface area contributed by atoms with Gasteiger partial charge in [-0.3, -0.25) is 4.90 Å². The van der Waals surface area contributed by atoms with Crippen LogP contribution >= 0.6 is 15.9 Å². The van der Waals surface area contributed by atoms with E-state index in [-0.39, 0.29) is 0 Å². The van der Waals surface area contributed by atoms with E-state index in [1.165, 1.54) is 31.3 Å². The van der Waals surface area contributed by atoms with Crippen LogP contribution in [0.25, 0.3) is 0 Å². The van der Waals surface area contributed by atoms with Crippen LogP contribution in [0.2, 0.25) is 0 Å². The van der Waals surface area contributed by atoms with Crippen LogP contribution < -0.4 is 0 Å². The highest BCUT2D eigenvalue weighted by atomic mass is 79.9. The Morgan fingerprint density at radius 1 is 1.33 bits per heavy atom. The van der Waals surface area contributed by atoms with Crippen molar-refractivity contribution in [2.24, 2.45) is 5.41 Å². The monoisotopic (exact) mass is 276 g/mol. The van der Waals surface area contributed by atoms with E-state index >= 15 is 0 Å². The standard InChI is InChI=1S/C12H25BrN2/c1-5-15(11(2)8-14(3)4)10-12(9-13)6-7-12/h11H,5-10H2,1-4H3. The van der Waals surface area contributed by atoms with Crippen molar-refractivity contribution in [2.45, 2.75) is 32.7 Å². The van der Waals surface area contributed by atoms with E-state index in [0.717, 1.165) is 6.54 Å². The third-order valence-electron chi connectivity index (χ3n) is 3.44. The molecule has 1 rings (SSSR count). The highest BCUT2D eigenvalue weighted by Crippen LogP contribution is 2.47. The van der Waals surface area contributed by atoms with Gasteiger partial charge < -0.3 is 4.90 Å². The van der Waals surface area contributed by atoms with Gasteiger partial charge in [-0.25, -0.2) is 0 Å². The number of hydrogen-bond acceptors (Lipinski definition) is 2. The molecule has 2 nitrogen and oxygen atoms in total. The van der Waals surface area contributed by atoms with E-state index in [0.29, 0.717) is 11.5 Å². The smallest absolute Gasteiger partial charge is 0.0194 e. The molecule has 0 saturated heterocycles. The van der Waals surface area contributed by atoms with Gasteiger partial charge in [-0.2, -0.15) is 0 Å². The minimum atomic E-state index is 0.608. The van der Waals surface area contributed by atoms with E-state index in [1.807, 2.05) is 0 Å². The van der Waals surface area contributed by atoms with Crippen molar-refractivity contribution in [2.75, 3.05) is 39.1 Å². The molecule has 0 heterocycles. The molecule has 15 heavy (non-hydrogen) atoms. The lowest BCUT2D eigenvalue weighted by Crippen LogP contribution is -2.43. The second-order valence-corrected chi connectivity index (χ2v) is 5.87. The molecule has 0 spiro atoms. The predicted molar refractivity (Wildman–Crippen MR) is 70.7 cm³/mol. The average Bonchev–Trinajstić information content (AvgIpc) is 2.93. The van der Waals surface area contributed by atoms with Gasteiger partial charge in [0.25, 0.3) is 0 Å². The van der Waals surface area contributed by atoms with E-state index < -0.39 is 0 Å². The van der Waals surface area contributed by atoms with E-state index in [9.17, 15) is 0 Å². The first-order chi connectivity index (χ1) is 7.03. The van der Waals surface area contributed by atoms with Gasteiger partial charge in [0.15, 0.2) is 0 Å². The van der Waals surface area contributed by atoms with Crippen LogP contribution in [-0.2, 0) is 0 Å². The van der Waals surface area contributed by atoms with Crippen molar-refractivity contribution >= 4 is 15.9 Å². The van der Waals surface area contributed by atoms with Crippen molar-refractivity contribution in [3.8, 4) is 0 Å². The maximum Gasteiger partial charge on any atom is 0.0194 e. The van der Waals surface area contributed by atoms with Crippen molar-refractivity contribution in [3.63, 3.8) is 0 Å². The Morgan fingerprint density at radius 2 is 1.93 bits per heavy atom. The zero-order valence-corrected chi connectivity index (χ0v) is 12.2. The fraction of sp³-hybridized carbons (Fsp3) is 1.00. The van der Waals surface area contributed by atoms with Crippen LogP contribution in [-0.4, -0.2) is 54.9 Å². The van der Waals surface area contributed by atoms with Gasteiger partial charge in [-0.05, 0) is 45.8 Å². The molecule has 1 fully saturated rings. The molecule has 3 heteroatoms. The molecule has 0 aromatic heterocycles. The molecule has 0 aliphatic heterocycles. The fourth-order valence-corrected chi connectivity index (χ4v) is 2.90. The summed E-state index contributed by atoms with van der Waals surface area (Å²) >= 11 is 3.65. The summed E-state index contributed by atoms with van der Waals surface area (Å²) in [7, 11) is 4.31. The maximum absolute atomic E-state index is 3.65. The van der Waals surface area contributed by atoms with Crippen LogP contribution in [0, 0.1) is 5.41 Å². The minimum Gasteiger partial charge on any atom is -0.308 e. The fourth-order valence-electron chi connectivity index (χ4n) is 2.16. The molecule has 1 aliphatic rings. The molecule has 1 unspecified atom stereocenters. The molecule has 0 aromatic rings. The Bertz CT molecular complexity index is 190. The Morgan fingerprint density at radius 3 is 2.27 bits per heavy atom. The highest BCUT2D eigenvalue weighted by Gasteiger charge is 2.43. The van der Waals surface area contributed by atoms with Crippen LogP contribution in [0.3, 0.4) is 0 Å². The largest absolute Gasteiger partial charge is 0.308 e. The molecule has 0 N–H and O–H groups in total. The molecule has 90 valence electrons. The zero-order chi connectivity index (χ0) is 11.5. The summed E-state index contributed by atoms with van der Waals surface area (Å²) in [5.74, 6) is 0. The topological polar surface area (TPSA) is 6.48 Å². The summed E-state index contributed by atoms with van der Waals surface area (Å²) in [6.07, 6.45) is 2.81. The first kappa shape index (κ1) is 13.5. The van der Waals surface area contributed by atoms with Crippen molar-refractivity contribution < 1.29 is 0 Å². The van der Waals surface area contributed by atoms with E-state index in [2.05, 4.69) is 53.7 Å². The van der Waals surface area contributed by atoms with Crippen LogP contribution in [0.5, 0.6) is 0 Å². The van der Waals surface area contributed by atoms with Gasteiger partial charge in [0.05, 0.1) is 0 Å². The zero-order valence-electron chi connectivity index (χ0n) is 10.6. The first-order valence-corrected chi connectivity index (χ1v) is 7.10. The van der Waals surface area contributed by atoms with Crippen molar-refractivity contribution in [3.05, 3.63) is 0 Å². The summed E-state index contributed by atoms with van der Waals surface area (Å²) < 4.78 is 0. The minimum absolute atomic E-state index is 0.608. The number of halogens is 1. The molecular weight excluding hydrogens is 252 g/mol. The lowest BCUT2D eigenvalue weighted by atomic mass is 10.1. The molecular formula is C12H25BrN2. The van der Waals surface area contributed by atoms with Crippen molar-refractivity contribution in [1.82, 2.24) is 9.80 Å². The molecule has 0 radical (unpaired) electrons. The summed E-state index contributed by atoms with van der Waals surface area (Å²) in [6.45, 7) is 8.21. The highest BCUT2D eigenvalue weighted by molar-refractivity contribution is 9.09. The molecule has 1 saturated carbocycles. The second kappa shape index (κ2) is 5.65. The lowest BCUT2D eigenvalue weighted by molar-refractivity contribution is 0.156. The van der Waals surface area contributed by atoms with E-state index in [4.69, 9.17) is 0 Å². The van der Waals surface area contributed by atoms with Gasteiger partial charge >= 0.3 is 0 Å². The summed E-state index contributed by atoms with van der Waals surface area (Å²) in [5.41, 5.74) is 0.608. The lowest BCUT2D eigenvalue weighted by Gasteiger charge is -2.32. The van der Waals surface area contributed by atoms with Crippen LogP contribution in [0.15, 0.2) is 0 Å².